The van der Waals surface area contributed by atoms with Crippen molar-refractivity contribution in [2.75, 3.05) is 10.6 Å². The Morgan fingerprint density at radius 1 is 0.852 bits per heavy atom. The molecule has 5 nitrogen and oxygen atoms in total. The summed E-state index contributed by atoms with van der Waals surface area (Å²) in [5.41, 5.74) is 1.10. The van der Waals surface area contributed by atoms with Crippen LogP contribution in [-0.2, 0) is 6.18 Å². The van der Waals surface area contributed by atoms with Crippen LogP contribution in [0.25, 0.3) is 0 Å². The van der Waals surface area contributed by atoms with Crippen LogP contribution in [0, 0.1) is 0 Å². The molecule has 8 heteroatoms. The maximum absolute atomic E-state index is 12.6. The van der Waals surface area contributed by atoms with Gasteiger partial charge in [-0.1, -0.05) is 0 Å². The van der Waals surface area contributed by atoms with Crippen molar-refractivity contribution in [1.82, 2.24) is 9.97 Å². The molecule has 2 N–H and O–H groups in total. The van der Waals surface area contributed by atoms with E-state index in [9.17, 15) is 18.0 Å². The zero-order chi connectivity index (χ0) is 19.4. The van der Waals surface area contributed by atoms with Crippen molar-refractivity contribution in [3.63, 3.8) is 0 Å². The summed E-state index contributed by atoms with van der Waals surface area (Å²) in [7, 11) is 0. The minimum atomic E-state index is -4.37. The Labute approximate surface area is 153 Å². The third-order valence-corrected chi connectivity index (χ3v) is 3.72. The van der Waals surface area contributed by atoms with Crippen LogP contribution in [0.3, 0.4) is 0 Å². The Hall–Kier alpha value is -3.42. The molecule has 3 aromatic rings. The standard InChI is InChI=1S/C19H15F3N4O/c1-12(27)13-2-6-15(7-3-13)25-17-10-18(24-11-23-17)26-16-8-4-14(5-9-16)19(20,21)22/h2-11H,1H3,(H2,23,24,25,26). The van der Waals surface area contributed by atoms with Crippen LogP contribution >= 0.6 is 0 Å². The fourth-order valence-corrected chi connectivity index (χ4v) is 2.32. The number of alkyl halides is 3. The predicted octanol–water partition coefficient (Wildman–Crippen LogP) is 5.19. The zero-order valence-corrected chi connectivity index (χ0v) is 14.2. The molecule has 1 heterocycles. The number of nitrogens with one attached hydrogen (secondary N) is 2. The Morgan fingerprint density at radius 3 is 1.78 bits per heavy atom. The van der Waals surface area contributed by atoms with Crippen molar-refractivity contribution in [2.24, 2.45) is 0 Å². The number of hydrogen-bond donors (Lipinski definition) is 2. The Morgan fingerprint density at radius 2 is 1.33 bits per heavy atom. The lowest BCUT2D eigenvalue weighted by atomic mass is 10.1. The van der Waals surface area contributed by atoms with Gasteiger partial charge in [0.15, 0.2) is 5.78 Å². The second-order valence-corrected chi connectivity index (χ2v) is 5.75. The maximum atomic E-state index is 12.6. The summed E-state index contributed by atoms with van der Waals surface area (Å²) in [5.74, 6) is 0.897. The molecule has 0 aliphatic heterocycles. The summed E-state index contributed by atoms with van der Waals surface area (Å²) in [5, 5.41) is 6.00. The lowest BCUT2D eigenvalue weighted by Crippen LogP contribution is -2.04. The van der Waals surface area contributed by atoms with Crippen molar-refractivity contribution in [3.05, 3.63) is 72.1 Å². The molecule has 0 spiro atoms. The van der Waals surface area contributed by atoms with Gasteiger partial charge in [0.25, 0.3) is 0 Å². The van der Waals surface area contributed by atoms with E-state index in [0.717, 1.165) is 17.8 Å². The predicted molar refractivity (Wildman–Crippen MR) is 96.5 cm³/mol. The van der Waals surface area contributed by atoms with Crippen molar-refractivity contribution in [2.45, 2.75) is 13.1 Å². The molecule has 0 aliphatic carbocycles. The first-order valence-electron chi connectivity index (χ1n) is 7.95. The minimum absolute atomic E-state index is 0.0217. The highest BCUT2D eigenvalue weighted by molar-refractivity contribution is 5.94. The van der Waals surface area contributed by atoms with Gasteiger partial charge in [-0.05, 0) is 55.5 Å². The number of aromatic nitrogens is 2. The molecule has 0 aliphatic rings. The molecule has 0 atom stereocenters. The van der Waals surface area contributed by atoms with E-state index in [1.54, 1.807) is 30.3 Å². The van der Waals surface area contributed by atoms with Gasteiger partial charge >= 0.3 is 6.18 Å². The van der Waals surface area contributed by atoms with Crippen molar-refractivity contribution >= 4 is 28.8 Å². The fourth-order valence-electron chi connectivity index (χ4n) is 2.32. The number of carbonyl (C=O) groups is 1. The molecule has 0 unspecified atom stereocenters. The van der Waals surface area contributed by atoms with Crippen LogP contribution < -0.4 is 10.6 Å². The number of ketones is 1. The molecule has 0 bridgehead atoms. The first kappa shape index (κ1) is 18.4. The Kier molecular flexibility index (Phi) is 5.07. The quantitative estimate of drug-likeness (QED) is 0.604. The van der Waals surface area contributed by atoms with Crippen LogP contribution in [0.4, 0.5) is 36.2 Å². The lowest BCUT2D eigenvalue weighted by Gasteiger charge is -2.10. The minimum Gasteiger partial charge on any atom is -0.340 e. The highest BCUT2D eigenvalue weighted by Crippen LogP contribution is 2.30. The average molecular weight is 372 g/mol. The van der Waals surface area contributed by atoms with Gasteiger partial charge in [0.2, 0.25) is 0 Å². The summed E-state index contributed by atoms with van der Waals surface area (Å²) in [4.78, 5) is 19.5. The van der Waals surface area contributed by atoms with E-state index in [4.69, 9.17) is 0 Å². The second-order valence-electron chi connectivity index (χ2n) is 5.75. The van der Waals surface area contributed by atoms with E-state index < -0.39 is 11.7 Å². The van der Waals surface area contributed by atoms with E-state index in [1.165, 1.54) is 25.4 Å². The topological polar surface area (TPSA) is 66.9 Å². The first-order valence-corrected chi connectivity index (χ1v) is 7.95. The second kappa shape index (κ2) is 7.45. The first-order chi connectivity index (χ1) is 12.8. The summed E-state index contributed by atoms with van der Waals surface area (Å²) in [6.07, 6.45) is -3.04. The molecule has 138 valence electrons. The molecule has 2 aromatic carbocycles. The zero-order valence-electron chi connectivity index (χ0n) is 14.2. The van der Waals surface area contributed by atoms with Crippen LogP contribution in [-0.4, -0.2) is 15.8 Å². The molecular formula is C19H15F3N4O. The van der Waals surface area contributed by atoms with E-state index in [1.807, 2.05) is 0 Å². The number of hydrogen-bond acceptors (Lipinski definition) is 5. The van der Waals surface area contributed by atoms with E-state index >= 15 is 0 Å². The third kappa shape index (κ3) is 4.81. The monoisotopic (exact) mass is 372 g/mol. The molecule has 0 fully saturated rings. The fraction of sp³-hybridized carbons (Fsp3) is 0.105. The average Bonchev–Trinajstić information content (AvgIpc) is 2.62. The van der Waals surface area contributed by atoms with Crippen LogP contribution in [0.1, 0.15) is 22.8 Å². The maximum Gasteiger partial charge on any atom is 0.416 e. The molecule has 0 radical (unpaired) electrons. The molecule has 0 saturated heterocycles. The molecule has 0 saturated carbocycles. The molecule has 27 heavy (non-hydrogen) atoms. The van der Waals surface area contributed by atoms with Crippen LogP contribution in [0.15, 0.2) is 60.9 Å². The number of carbonyl (C=O) groups excluding carboxylic acids is 1. The van der Waals surface area contributed by atoms with E-state index in [-0.39, 0.29) is 5.78 Å². The number of anilines is 4. The van der Waals surface area contributed by atoms with Gasteiger partial charge in [0.05, 0.1) is 5.56 Å². The molecule has 0 amide bonds. The normalized spacial score (nSPS) is 11.1. The van der Waals surface area contributed by atoms with Gasteiger partial charge in [-0.2, -0.15) is 13.2 Å². The van der Waals surface area contributed by atoms with Gasteiger partial charge in [-0.3, -0.25) is 4.79 Å². The third-order valence-electron chi connectivity index (χ3n) is 3.72. The largest absolute Gasteiger partial charge is 0.416 e. The van der Waals surface area contributed by atoms with E-state index in [2.05, 4.69) is 20.6 Å². The Balaban J connectivity index is 1.71. The van der Waals surface area contributed by atoms with Crippen LogP contribution in [0.2, 0.25) is 0 Å². The number of Topliss-reactive ketones (excluding diaryl/α,β-unsaturated/α-hetero) is 1. The summed E-state index contributed by atoms with van der Waals surface area (Å²) in [6.45, 7) is 1.49. The molecule has 3 rings (SSSR count). The molecule has 1 aromatic heterocycles. The van der Waals surface area contributed by atoms with Gasteiger partial charge in [-0.15, -0.1) is 0 Å². The number of halogens is 3. The summed E-state index contributed by atoms with van der Waals surface area (Å²) in [6, 6.07) is 13.2. The Bertz CT molecular complexity index is 938. The van der Waals surface area contributed by atoms with Gasteiger partial charge in [-0.25, -0.2) is 9.97 Å². The van der Waals surface area contributed by atoms with Gasteiger partial charge < -0.3 is 10.6 Å². The summed E-state index contributed by atoms with van der Waals surface area (Å²) >= 11 is 0. The highest BCUT2D eigenvalue weighted by atomic mass is 19.4. The number of nitrogens with zero attached hydrogens (tertiary/aromatic N) is 2. The van der Waals surface area contributed by atoms with Crippen molar-refractivity contribution in [3.8, 4) is 0 Å². The lowest BCUT2D eigenvalue weighted by molar-refractivity contribution is -0.137. The molecular weight excluding hydrogens is 357 g/mol. The van der Waals surface area contributed by atoms with Crippen molar-refractivity contribution in [1.29, 1.82) is 0 Å². The van der Waals surface area contributed by atoms with Gasteiger partial charge in [0.1, 0.15) is 18.0 Å². The SMILES string of the molecule is CC(=O)c1ccc(Nc2cc(Nc3ccc(C(F)(F)F)cc3)ncn2)cc1. The van der Waals surface area contributed by atoms with Gasteiger partial charge in [0, 0.05) is 23.0 Å². The number of benzene rings is 2. The smallest absolute Gasteiger partial charge is 0.340 e. The summed E-state index contributed by atoms with van der Waals surface area (Å²) < 4.78 is 37.8. The highest BCUT2D eigenvalue weighted by Gasteiger charge is 2.29. The number of rotatable bonds is 5. The van der Waals surface area contributed by atoms with E-state index in [0.29, 0.717) is 22.9 Å². The van der Waals surface area contributed by atoms with Crippen LogP contribution in [0.5, 0.6) is 0 Å². The van der Waals surface area contributed by atoms with Crippen molar-refractivity contribution < 1.29 is 18.0 Å².